The molecule has 21 heavy (non-hydrogen) atoms. The fourth-order valence-corrected chi connectivity index (χ4v) is 2.26. The normalized spacial score (nSPS) is 10.4. The van der Waals surface area contributed by atoms with Crippen LogP contribution in [0.15, 0.2) is 24.3 Å². The highest BCUT2D eigenvalue weighted by Crippen LogP contribution is 2.19. The van der Waals surface area contributed by atoms with E-state index in [1.807, 2.05) is 12.1 Å². The molecule has 2 aromatic rings. The molecule has 0 N–H and O–H groups in total. The maximum atomic E-state index is 9.29. The molecule has 0 saturated carbocycles. The first-order chi connectivity index (χ1) is 10.2. The molecule has 1 aromatic heterocycles. The van der Waals surface area contributed by atoms with Crippen LogP contribution in [0.2, 0.25) is 5.02 Å². The van der Waals surface area contributed by atoms with Gasteiger partial charge >= 0.3 is 0 Å². The van der Waals surface area contributed by atoms with Crippen LogP contribution in [0.25, 0.3) is 5.69 Å². The van der Waals surface area contributed by atoms with Crippen molar-refractivity contribution in [2.75, 3.05) is 18.0 Å². The number of rotatable bonds is 6. The highest BCUT2D eigenvalue weighted by atomic mass is 35.5. The van der Waals surface area contributed by atoms with Crippen molar-refractivity contribution in [3.8, 4) is 11.8 Å². The lowest BCUT2D eigenvalue weighted by Gasteiger charge is -2.20. The first-order valence-electron chi connectivity index (χ1n) is 7.08. The van der Waals surface area contributed by atoms with E-state index in [2.05, 4.69) is 35.0 Å². The second kappa shape index (κ2) is 7.09. The minimum Gasteiger partial charge on any atom is -0.353 e. The van der Waals surface area contributed by atoms with Crippen LogP contribution in [0.5, 0.6) is 0 Å². The molecule has 0 amide bonds. The molecule has 0 atom stereocenters. The van der Waals surface area contributed by atoms with Gasteiger partial charge < -0.3 is 4.90 Å². The van der Waals surface area contributed by atoms with Crippen LogP contribution in [-0.2, 0) is 0 Å². The first kappa shape index (κ1) is 15.3. The molecule has 0 fully saturated rings. The first-order valence-corrected chi connectivity index (χ1v) is 7.45. The third-order valence-corrected chi connectivity index (χ3v) is 3.30. The van der Waals surface area contributed by atoms with E-state index in [0.29, 0.717) is 16.5 Å². The standard InChI is InChI=1S/C15H18ClN5/c1-3-9-20(10-4-2)15-14(11-17)18-21(19-15)13-7-5-12(16)6-8-13/h5-8H,3-4,9-10H2,1-2H3. The van der Waals surface area contributed by atoms with E-state index >= 15 is 0 Å². The Labute approximate surface area is 129 Å². The molecule has 2 rings (SSSR count). The van der Waals surface area contributed by atoms with Crippen molar-refractivity contribution < 1.29 is 0 Å². The largest absolute Gasteiger partial charge is 0.353 e. The van der Waals surface area contributed by atoms with Gasteiger partial charge in [0.2, 0.25) is 5.69 Å². The summed E-state index contributed by atoms with van der Waals surface area (Å²) in [6.45, 7) is 5.94. The highest BCUT2D eigenvalue weighted by Gasteiger charge is 2.17. The monoisotopic (exact) mass is 303 g/mol. The van der Waals surface area contributed by atoms with Crippen LogP contribution in [0.1, 0.15) is 32.4 Å². The number of hydrogen-bond acceptors (Lipinski definition) is 4. The van der Waals surface area contributed by atoms with Crippen LogP contribution < -0.4 is 4.90 Å². The maximum absolute atomic E-state index is 9.29. The zero-order chi connectivity index (χ0) is 15.2. The molecule has 6 heteroatoms. The van der Waals surface area contributed by atoms with Crippen molar-refractivity contribution in [1.82, 2.24) is 15.0 Å². The SMILES string of the molecule is CCCN(CCC)c1nn(-c2ccc(Cl)cc2)nc1C#N. The maximum Gasteiger partial charge on any atom is 0.207 e. The Balaban J connectivity index is 2.38. The quantitative estimate of drug-likeness (QED) is 0.820. The predicted octanol–water partition coefficient (Wildman–Crippen LogP) is 3.42. The van der Waals surface area contributed by atoms with E-state index in [1.54, 1.807) is 12.1 Å². The number of nitriles is 1. The Kier molecular flexibility index (Phi) is 5.18. The van der Waals surface area contributed by atoms with Gasteiger partial charge in [-0.2, -0.15) is 5.26 Å². The molecular formula is C15H18ClN5. The zero-order valence-electron chi connectivity index (χ0n) is 12.3. The molecular weight excluding hydrogens is 286 g/mol. The van der Waals surface area contributed by atoms with Gasteiger partial charge in [0.25, 0.3) is 0 Å². The van der Waals surface area contributed by atoms with Gasteiger partial charge in [-0.15, -0.1) is 15.0 Å². The Hall–Kier alpha value is -2.06. The summed E-state index contributed by atoms with van der Waals surface area (Å²) in [6, 6.07) is 9.35. The molecule has 110 valence electrons. The predicted molar refractivity (Wildman–Crippen MR) is 83.9 cm³/mol. The highest BCUT2D eigenvalue weighted by molar-refractivity contribution is 6.30. The minimum atomic E-state index is 0.354. The van der Waals surface area contributed by atoms with Gasteiger partial charge in [0.05, 0.1) is 5.69 Å². The Morgan fingerprint density at radius 3 is 2.29 bits per heavy atom. The van der Waals surface area contributed by atoms with Crippen molar-refractivity contribution >= 4 is 17.4 Å². The van der Waals surface area contributed by atoms with Crippen LogP contribution in [0, 0.1) is 11.3 Å². The van der Waals surface area contributed by atoms with Crippen molar-refractivity contribution in [3.63, 3.8) is 0 Å². The summed E-state index contributed by atoms with van der Waals surface area (Å²) in [4.78, 5) is 3.60. The molecule has 0 aliphatic rings. The van der Waals surface area contributed by atoms with Crippen molar-refractivity contribution in [2.24, 2.45) is 0 Å². The lowest BCUT2D eigenvalue weighted by molar-refractivity contribution is 0.708. The summed E-state index contributed by atoms with van der Waals surface area (Å²) >= 11 is 5.89. The van der Waals surface area contributed by atoms with Gasteiger partial charge in [0.15, 0.2) is 5.82 Å². The molecule has 1 heterocycles. The minimum absolute atomic E-state index is 0.354. The summed E-state index contributed by atoms with van der Waals surface area (Å²) < 4.78 is 0. The van der Waals surface area contributed by atoms with Gasteiger partial charge in [-0.1, -0.05) is 25.4 Å². The third kappa shape index (κ3) is 3.53. The second-order valence-corrected chi connectivity index (χ2v) is 5.17. The summed E-state index contributed by atoms with van der Waals surface area (Å²) in [6.07, 6.45) is 2.00. The van der Waals surface area contributed by atoms with Gasteiger partial charge in [-0.05, 0) is 37.1 Å². The van der Waals surface area contributed by atoms with Gasteiger partial charge in [-0.25, -0.2) is 0 Å². The summed E-state index contributed by atoms with van der Waals surface area (Å²) in [5, 5.41) is 18.7. The van der Waals surface area contributed by atoms with Crippen LogP contribution in [0.4, 0.5) is 5.82 Å². The van der Waals surface area contributed by atoms with E-state index < -0.39 is 0 Å². The summed E-state index contributed by atoms with van der Waals surface area (Å²) in [5.41, 5.74) is 1.14. The fraction of sp³-hybridized carbons (Fsp3) is 0.400. The molecule has 1 aromatic carbocycles. The molecule has 0 radical (unpaired) electrons. The molecule has 0 aliphatic carbocycles. The molecule has 0 bridgehead atoms. The van der Waals surface area contributed by atoms with Crippen molar-refractivity contribution in [3.05, 3.63) is 35.0 Å². The second-order valence-electron chi connectivity index (χ2n) is 4.74. The van der Waals surface area contributed by atoms with Crippen LogP contribution in [-0.4, -0.2) is 28.1 Å². The molecule has 0 saturated heterocycles. The van der Waals surface area contributed by atoms with E-state index in [1.165, 1.54) is 4.80 Å². The van der Waals surface area contributed by atoms with Gasteiger partial charge in [0.1, 0.15) is 6.07 Å². The van der Waals surface area contributed by atoms with Crippen molar-refractivity contribution in [2.45, 2.75) is 26.7 Å². The molecule has 0 unspecified atom stereocenters. The van der Waals surface area contributed by atoms with E-state index in [-0.39, 0.29) is 0 Å². The van der Waals surface area contributed by atoms with Crippen LogP contribution >= 0.6 is 11.6 Å². The number of aromatic nitrogens is 3. The summed E-state index contributed by atoms with van der Waals surface area (Å²) in [7, 11) is 0. The van der Waals surface area contributed by atoms with E-state index in [4.69, 9.17) is 11.6 Å². The fourth-order valence-electron chi connectivity index (χ4n) is 2.14. The smallest absolute Gasteiger partial charge is 0.207 e. The average molecular weight is 304 g/mol. The number of anilines is 1. The van der Waals surface area contributed by atoms with E-state index in [0.717, 1.165) is 31.6 Å². The average Bonchev–Trinajstić information content (AvgIpc) is 2.92. The van der Waals surface area contributed by atoms with Gasteiger partial charge in [0, 0.05) is 18.1 Å². The summed E-state index contributed by atoms with van der Waals surface area (Å²) in [5.74, 6) is 0.649. The Morgan fingerprint density at radius 2 is 1.76 bits per heavy atom. The molecule has 0 aliphatic heterocycles. The third-order valence-electron chi connectivity index (χ3n) is 3.05. The van der Waals surface area contributed by atoms with Crippen LogP contribution in [0.3, 0.4) is 0 Å². The Bertz CT molecular complexity index is 621. The number of halogens is 1. The lowest BCUT2D eigenvalue weighted by Crippen LogP contribution is -2.26. The molecule has 5 nitrogen and oxygen atoms in total. The topological polar surface area (TPSA) is 57.7 Å². The number of nitrogens with zero attached hydrogens (tertiary/aromatic N) is 5. The van der Waals surface area contributed by atoms with Crippen molar-refractivity contribution in [1.29, 1.82) is 5.26 Å². The Morgan fingerprint density at radius 1 is 1.14 bits per heavy atom. The molecule has 0 spiro atoms. The zero-order valence-corrected chi connectivity index (χ0v) is 13.0. The lowest BCUT2D eigenvalue weighted by atomic mass is 10.3. The number of hydrogen-bond donors (Lipinski definition) is 0. The van der Waals surface area contributed by atoms with E-state index in [9.17, 15) is 5.26 Å². The number of benzene rings is 1. The van der Waals surface area contributed by atoms with Gasteiger partial charge in [-0.3, -0.25) is 0 Å².